The van der Waals surface area contributed by atoms with Gasteiger partial charge < -0.3 is 15.2 Å². The second kappa shape index (κ2) is 6.64. The van der Waals surface area contributed by atoms with Crippen molar-refractivity contribution in [3.8, 4) is 0 Å². The molecule has 2 rings (SSSR count). The molecule has 1 aliphatic rings. The molecule has 1 saturated carbocycles. The summed E-state index contributed by atoms with van der Waals surface area (Å²) in [7, 11) is 0. The standard InChI is InChI=1S/C15H22BrN3O2/c1-9(2)7-17-14(20)10(3)18-15(21)13-6-11(16)8-19(13)12-4-5-12/h6,8-10,12H,4-5,7H2,1-3H3,(H,17,20)(H,18,21). The molecule has 2 N–H and O–H groups in total. The first kappa shape index (κ1) is 16.1. The zero-order chi connectivity index (χ0) is 15.6. The van der Waals surface area contributed by atoms with Crippen LogP contribution in [0.15, 0.2) is 16.7 Å². The number of aromatic nitrogens is 1. The van der Waals surface area contributed by atoms with Crippen LogP contribution in [0.3, 0.4) is 0 Å². The fraction of sp³-hybridized carbons (Fsp3) is 0.600. The van der Waals surface area contributed by atoms with Crippen LogP contribution in [0.4, 0.5) is 0 Å². The van der Waals surface area contributed by atoms with Crippen LogP contribution in [0.1, 0.15) is 50.1 Å². The molecular weight excluding hydrogens is 334 g/mol. The maximum Gasteiger partial charge on any atom is 0.268 e. The van der Waals surface area contributed by atoms with E-state index in [2.05, 4.69) is 26.6 Å². The molecule has 1 unspecified atom stereocenters. The molecule has 1 atom stereocenters. The Bertz CT molecular complexity index is 535. The minimum absolute atomic E-state index is 0.152. The van der Waals surface area contributed by atoms with Gasteiger partial charge in [-0.05, 0) is 47.7 Å². The summed E-state index contributed by atoms with van der Waals surface area (Å²) < 4.78 is 2.87. The van der Waals surface area contributed by atoms with Gasteiger partial charge in [0.15, 0.2) is 0 Å². The normalized spacial score (nSPS) is 15.9. The lowest BCUT2D eigenvalue weighted by Crippen LogP contribution is -2.46. The van der Waals surface area contributed by atoms with Crippen molar-refractivity contribution in [1.82, 2.24) is 15.2 Å². The maximum absolute atomic E-state index is 12.3. The number of carbonyl (C=O) groups excluding carboxylic acids is 2. The molecule has 0 radical (unpaired) electrons. The molecule has 1 fully saturated rings. The van der Waals surface area contributed by atoms with Crippen LogP contribution in [0, 0.1) is 5.92 Å². The third-order valence-corrected chi connectivity index (χ3v) is 3.85. The van der Waals surface area contributed by atoms with Crippen molar-refractivity contribution in [1.29, 1.82) is 0 Å². The van der Waals surface area contributed by atoms with E-state index in [9.17, 15) is 9.59 Å². The van der Waals surface area contributed by atoms with Gasteiger partial charge in [-0.2, -0.15) is 0 Å². The summed E-state index contributed by atoms with van der Waals surface area (Å²) >= 11 is 3.40. The first-order chi connectivity index (χ1) is 9.88. The van der Waals surface area contributed by atoms with Gasteiger partial charge in [-0.25, -0.2) is 0 Å². The Morgan fingerprint density at radius 2 is 2.05 bits per heavy atom. The van der Waals surface area contributed by atoms with E-state index >= 15 is 0 Å². The van der Waals surface area contributed by atoms with Crippen LogP contribution in [0.2, 0.25) is 0 Å². The molecule has 5 nitrogen and oxygen atoms in total. The molecule has 21 heavy (non-hydrogen) atoms. The predicted molar refractivity (Wildman–Crippen MR) is 85.2 cm³/mol. The summed E-state index contributed by atoms with van der Waals surface area (Å²) in [6.45, 7) is 6.38. The molecular formula is C15H22BrN3O2. The topological polar surface area (TPSA) is 63.1 Å². The Hall–Kier alpha value is -1.30. The summed E-state index contributed by atoms with van der Waals surface area (Å²) in [5.41, 5.74) is 0.605. The lowest BCUT2D eigenvalue weighted by molar-refractivity contribution is -0.122. The Morgan fingerprint density at radius 1 is 1.38 bits per heavy atom. The Labute approximate surface area is 133 Å². The number of nitrogens with one attached hydrogen (secondary N) is 2. The van der Waals surface area contributed by atoms with Gasteiger partial charge in [-0.15, -0.1) is 0 Å². The zero-order valence-corrected chi connectivity index (χ0v) is 14.2. The number of carbonyl (C=O) groups is 2. The molecule has 0 saturated heterocycles. The van der Waals surface area contributed by atoms with E-state index in [1.165, 1.54) is 0 Å². The van der Waals surface area contributed by atoms with Gasteiger partial charge in [0.1, 0.15) is 11.7 Å². The van der Waals surface area contributed by atoms with E-state index in [1.54, 1.807) is 13.0 Å². The highest BCUT2D eigenvalue weighted by molar-refractivity contribution is 9.10. The SMILES string of the molecule is CC(C)CNC(=O)C(C)NC(=O)c1cc(Br)cn1C1CC1. The largest absolute Gasteiger partial charge is 0.354 e. The first-order valence-corrected chi connectivity index (χ1v) is 8.13. The Morgan fingerprint density at radius 3 is 2.62 bits per heavy atom. The number of nitrogens with zero attached hydrogens (tertiary/aromatic N) is 1. The van der Waals surface area contributed by atoms with E-state index < -0.39 is 6.04 Å². The predicted octanol–water partition coefficient (Wildman–Crippen LogP) is 2.48. The van der Waals surface area contributed by atoms with Crippen LogP contribution in [0.5, 0.6) is 0 Å². The molecule has 2 amide bonds. The van der Waals surface area contributed by atoms with Crippen molar-refractivity contribution in [2.75, 3.05) is 6.54 Å². The van der Waals surface area contributed by atoms with Gasteiger partial charge in [0.05, 0.1) is 0 Å². The monoisotopic (exact) mass is 355 g/mol. The van der Waals surface area contributed by atoms with Crippen molar-refractivity contribution < 1.29 is 9.59 Å². The lowest BCUT2D eigenvalue weighted by atomic mass is 10.2. The number of amides is 2. The van der Waals surface area contributed by atoms with Crippen molar-refractivity contribution in [2.24, 2.45) is 5.92 Å². The van der Waals surface area contributed by atoms with Crippen LogP contribution in [0.25, 0.3) is 0 Å². The van der Waals surface area contributed by atoms with E-state index in [0.29, 0.717) is 24.2 Å². The summed E-state index contributed by atoms with van der Waals surface area (Å²) in [6, 6.07) is 1.67. The summed E-state index contributed by atoms with van der Waals surface area (Å²) in [6.07, 6.45) is 4.13. The van der Waals surface area contributed by atoms with Gasteiger partial charge in [0.2, 0.25) is 5.91 Å². The highest BCUT2D eigenvalue weighted by Gasteiger charge is 2.28. The quantitative estimate of drug-likeness (QED) is 0.823. The lowest BCUT2D eigenvalue weighted by Gasteiger charge is -2.16. The fourth-order valence-corrected chi connectivity index (χ4v) is 2.51. The molecule has 0 aliphatic heterocycles. The number of hydrogen-bond acceptors (Lipinski definition) is 2. The van der Waals surface area contributed by atoms with E-state index in [0.717, 1.165) is 17.3 Å². The highest BCUT2D eigenvalue weighted by Crippen LogP contribution is 2.37. The second-order valence-corrected chi connectivity index (χ2v) is 6.93. The van der Waals surface area contributed by atoms with Gasteiger partial charge >= 0.3 is 0 Å². The molecule has 0 bridgehead atoms. The molecule has 1 aromatic heterocycles. The van der Waals surface area contributed by atoms with Crippen molar-refractivity contribution in [3.63, 3.8) is 0 Å². The van der Waals surface area contributed by atoms with Crippen LogP contribution in [-0.4, -0.2) is 29.0 Å². The second-order valence-electron chi connectivity index (χ2n) is 6.02. The smallest absolute Gasteiger partial charge is 0.268 e. The molecule has 1 heterocycles. The van der Waals surface area contributed by atoms with Gasteiger partial charge in [0.25, 0.3) is 5.91 Å². The van der Waals surface area contributed by atoms with E-state index in [1.807, 2.05) is 24.6 Å². The Balaban J connectivity index is 1.96. The number of hydrogen-bond donors (Lipinski definition) is 2. The minimum atomic E-state index is -0.544. The molecule has 1 aromatic rings. The molecule has 116 valence electrons. The summed E-state index contributed by atoms with van der Waals surface area (Å²) in [5.74, 6) is 0.0281. The average molecular weight is 356 g/mol. The summed E-state index contributed by atoms with van der Waals surface area (Å²) in [4.78, 5) is 24.2. The maximum atomic E-state index is 12.3. The van der Waals surface area contributed by atoms with Crippen molar-refractivity contribution >= 4 is 27.7 Å². The Kier molecular flexibility index (Phi) is 5.08. The average Bonchev–Trinajstić information content (AvgIpc) is 3.18. The first-order valence-electron chi connectivity index (χ1n) is 7.34. The minimum Gasteiger partial charge on any atom is -0.354 e. The number of halogens is 1. The highest BCUT2D eigenvalue weighted by atomic mass is 79.9. The molecule has 1 aliphatic carbocycles. The van der Waals surface area contributed by atoms with Crippen LogP contribution >= 0.6 is 15.9 Å². The van der Waals surface area contributed by atoms with Gasteiger partial charge in [-0.3, -0.25) is 9.59 Å². The molecule has 0 aromatic carbocycles. The van der Waals surface area contributed by atoms with Crippen molar-refractivity contribution in [2.45, 2.75) is 45.7 Å². The van der Waals surface area contributed by atoms with Crippen LogP contribution < -0.4 is 10.6 Å². The molecule has 0 spiro atoms. The third-order valence-electron chi connectivity index (χ3n) is 3.41. The molecule has 6 heteroatoms. The third kappa shape index (κ3) is 4.33. The van der Waals surface area contributed by atoms with Gasteiger partial charge in [-0.1, -0.05) is 13.8 Å². The zero-order valence-electron chi connectivity index (χ0n) is 12.6. The van der Waals surface area contributed by atoms with Crippen molar-refractivity contribution in [3.05, 3.63) is 22.4 Å². The number of rotatable bonds is 6. The van der Waals surface area contributed by atoms with E-state index in [-0.39, 0.29) is 11.8 Å². The van der Waals surface area contributed by atoms with Crippen LogP contribution in [-0.2, 0) is 4.79 Å². The summed E-state index contributed by atoms with van der Waals surface area (Å²) in [5, 5.41) is 5.59. The fourth-order valence-electron chi connectivity index (χ4n) is 2.08. The van der Waals surface area contributed by atoms with Gasteiger partial charge in [0, 0.05) is 23.3 Å². The van der Waals surface area contributed by atoms with E-state index in [4.69, 9.17) is 0 Å².